The van der Waals surface area contributed by atoms with E-state index in [4.69, 9.17) is 4.74 Å². The van der Waals surface area contributed by atoms with Crippen LogP contribution in [0.1, 0.15) is 46.5 Å². The van der Waals surface area contributed by atoms with Crippen LogP contribution in [0.5, 0.6) is 11.5 Å². The number of nitrogens with zero attached hydrogens (tertiary/aromatic N) is 1. The van der Waals surface area contributed by atoms with Crippen LogP contribution in [0.25, 0.3) is 0 Å². The predicted molar refractivity (Wildman–Crippen MR) is 167 cm³/mol. The summed E-state index contributed by atoms with van der Waals surface area (Å²) >= 11 is 1.42. The van der Waals surface area contributed by atoms with Gasteiger partial charge in [0.2, 0.25) is 5.91 Å². The number of rotatable bonds is 10. The van der Waals surface area contributed by atoms with Gasteiger partial charge in [-0.25, -0.2) is 4.39 Å². The number of aromatic hydroxyl groups is 1. The average molecular weight is 624 g/mol. The minimum atomic E-state index is -1.73. The lowest BCUT2D eigenvalue weighted by Crippen LogP contribution is -2.58. The summed E-state index contributed by atoms with van der Waals surface area (Å²) in [5.41, 5.74) is 2.69. The van der Waals surface area contributed by atoms with Gasteiger partial charge in [-0.3, -0.25) is 14.4 Å². The number of carbonyl (C=O) groups is 3. The van der Waals surface area contributed by atoms with Crippen LogP contribution in [0, 0.1) is 19.7 Å². The van der Waals surface area contributed by atoms with Crippen molar-refractivity contribution >= 4 is 29.5 Å². The number of benzene rings is 3. The first-order valence-electron chi connectivity index (χ1n) is 14.2. The molecular formula is C33H38FN3O6S. The van der Waals surface area contributed by atoms with E-state index in [1.165, 1.54) is 36.8 Å². The van der Waals surface area contributed by atoms with Gasteiger partial charge in [-0.2, -0.15) is 0 Å². The number of phenolic OH excluding ortho intramolecular Hbond substituents is 1. The Labute approximate surface area is 260 Å². The summed E-state index contributed by atoms with van der Waals surface area (Å²) in [5, 5.41) is 27.2. The molecule has 1 aliphatic rings. The van der Waals surface area contributed by atoms with Crippen LogP contribution in [-0.2, 0) is 22.6 Å². The van der Waals surface area contributed by atoms with Crippen molar-refractivity contribution in [2.75, 3.05) is 13.0 Å². The van der Waals surface area contributed by atoms with E-state index in [2.05, 4.69) is 10.6 Å². The minimum Gasteiger partial charge on any atom is -0.505 e. The maximum absolute atomic E-state index is 13.9. The summed E-state index contributed by atoms with van der Waals surface area (Å²) in [6.45, 7) is 7.38. The van der Waals surface area contributed by atoms with E-state index in [1.54, 1.807) is 24.3 Å². The highest BCUT2D eigenvalue weighted by molar-refractivity contribution is 8.00. The lowest BCUT2D eigenvalue weighted by Gasteiger charge is -2.33. The first kappa shape index (κ1) is 32.8. The quantitative estimate of drug-likeness (QED) is 0.270. The molecule has 3 aromatic rings. The van der Waals surface area contributed by atoms with E-state index in [-0.39, 0.29) is 35.9 Å². The van der Waals surface area contributed by atoms with Gasteiger partial charge in [0.25, 0.3) is 11.8 Å². The maximum atomic E-state index is 13.9. The molecule has 1 heterocycles. The van der Waals surface area contributed by atoms with Crippen LogP contribution in [0.15, 0.2) is 60.7 Å². The second kappa shape index (κ2) is 13.7. The molecule has 0 spiro atoms. The van der Waals surface area contributed by atoms with Gasteiger partial charge >= 0.3 is 0 Å². The summed E-state index contributed by atoms with van der Waals surface area (Å²) in [6, 6.07) is 14.8. The van der Waals surface area contributed by atoms with E-state index in [0.717, 1.165) is 17.2 Å². The summed E-state index contributed by atoms with van der Waals surface area (Å²) in [5.74, 6) is -2.51. The number of methoxy groups -OCH3 is 1. The van der Waals surface area contributed by atoms with Gasteiger partial charge in [0.1, 0.15) is 11.8 Å². The Kier molecular flexibility index (Phi) is 10.2. The Morgan fingerprint density at radius 1 is 1.09 bits per heavy atom. The van der Waals surface area contributed by atoms with Crippen molar-refractivity contribution < 1.29 is 33.7 Å². The van der Waals surface area contributed by atoms with Crippen molar-refractivity contribution in [3.8, 4) is 11.5 Å². The molecule has 0 unspecified atom stereocenters. The Bertz CT molecular complexity index is 1530. The van der Waals surface area contributed by atoms with Gasteiger partial charge in [-0.15, -0.1) is 11.8 Å². The summed E-state index contributed by atoms with van der Waals surface area (Å²) in [6.07, 6.45) is -1.67. The van der Waals surface area contributed by atoms with Crippen molar-refractivity contribution in [3.63, 3.8) is 0 Å². The maximum Gasteiger partial charge on any atom is 0.254 e. The zero-order valence-electron chi connectivity index (χ0n) is 25.4. The minimum absolute atomic E-state index is 0.00500. The summed E-state index contributed by atoms with van der Waals surface area (Å²) in [7, 11) is 1.53. The lowest BCUT2D eigenvalue weighted by atomic mass is 9.96. The Morgan fingerprint density at radius 2 is 1.77 bits per heavy atom. The van der Waals surface area contributed by atoms with Gasteiger partial charge in [0.15, 0.2) is 17.7 Å². The first-order chi connectivity index (χ1) is 20.8. The molecule has 0 radical (unpaired) electrons. The van der Waals surface area contributed by atoms with Crippen molar-refractivity contribution in [2.24, 2.45) is 0 Å². The molecule has 3 aromatic carbocycles. The van der Waals surface area contributed by atoms with Gasteiger partial charge in [0, 0.05) is 22.4 Å². The summed E-state index contributed by atoms with van der Waals surface area (Å²) < 4.78 is 18.4. The largest absolute Gasteiger partial charge is 0.505 e. The number of halogens is 1. The fourth-order valence-corrected chi connectivity index (χ4v) is 6.40. The van der Waals surface area contributed by atoms with E-state index >= 15 is 0 Å². The third kappa shape index (κ3) is 7.16. The molecule has 0 saturated carbocycles. The number of phenols is 1. The van der Waals surface area contributed by atoms with Crippen LogP contribution in [-0.4, -0.2) is 68.8 Å². The van der Waals surface area contributed by atoms with Crippen LogP contribution < -0.4 is 15.4 Å². The average Bonchev–Trinajstić information content (AvgIpc) is 3.33. The van der Waals surface area contributed by atoms with Crippen LogP contribution in [0.2, 0.25) is 0 Å². The number of hydrogen-bond acceptors (Lipinski definition) is 7. The zero-order valence-corrected chi connectivity index (χ0v) is 26.2. The molecule has 0 aliphatic carbocycles. The smallest absolute Gasteiger partial charge is 0.254 e. The molecular weight excluding hydrogens is 585 g/mol. The molecule has 4 rings (SSSR count). The van der Waals surface area contributed by atoms with Crippen molar-refractivity contribution in [3.05, 3.63) is 94.3 Å². The third-order valence-electron chi connectivity index (χ3n) is 7.98. The molecule has 1 fully saturated rings. The van der Waals surface area contributed by atoms with E-state index in [9.17, 15) is 29.0 Å². The van der Waals surface area contributed by atoms with Crippen molar-refractivity contribution in [1.29, 1.82) is 0 Å². The molecule has 4 N–H and O–H groups in total. The molecule has 1 aliphatic heterocycles. The van der Waals surface area contributed by atoms with Crippen LogP contribution >= 0.6 is 11.8 Å². The van der Waals surface area contributed by atoms with Gasteiger partial charge in [-0.1, -0.05) is 36.4 Å². The fraction of sp³-hybridized carbons (Fsp3) is 0.364. The van der Waals surface area contributed by atoms with Crippen LogP contribution in [0.3, 0.4) is 0 Å². The standard InChI is InChI=1S/C33H38FN3O6S/c1-19-8-6-7-9-22(19)17-35-31(41)29-33(3,4)44-18-37(29)32(42)28(39)26(16-21-10-12-23(43-5)13-11-21)36-30(40)24-14-15-25(34)27(38)20(24)2/h6-15,26,28-29,38-39H,16-18H2,1-5H3,(H,35,41)(H,36,40)/t26-,28-,29+/m0/s1. The number of amides is 3. The van der Waals surface area contributed by atoms with Gasteiger partial charge < -0.3 is 30.5 Å². The van der Waals surface area contributed by atoms with E-state index in [0.29, 0.717) is 11.3 Å². The molecule has 0 aromatic heterocycles. The molecule has 44 heavy (non-hydrogen) atoms. The number of hydrogen-bond donors (Lipinski definition) is 4. The van der Waals surface area contributed by atoms with Crippen molar-refractivity contribution in [1.82, 2.24) is 15.5 Å². The van der Waals surface area contributed by atoms with Gasteiger partial charge in [-0.05, 0) is 75.1 Å². The van der Waals surface area contributed by atoms with Crippen molar-refractivity contribution in [2.45, 2.75) is 63.6 Å². The van der Waals surface area contributed by atoms with E-state index in [1.807, 2.05) is 45.0 Å². The Balaban J connectivity index is 1.59. The topological polar surface area (TPSA) is 128 Å². The predicted octanol–water partition coefficient (Wildman–Crippen LogP) is 3.86. The first-order valence-corrected chi connectivity index (χ1v) is 15.2. The Hall–Kier alpha value is -4.09. The number of aliphatic hydroxyl groups is 1. The lowest BCUT2D eigenvalue weighted by molar-refractivity contribution is -0.147. The highest BCUT2D eigenvalue weighted by Gasteiger charge is 2.49. The zero-order chi connectivity index (χ0) is 32.2. The molecule has 234 valence electrons. The Morgan fingerprint density at radius 3 is 2.43 bits per heavy atom. The normalized spacial score (nSPS) is 17.1. The van der Waals surface area contributed by atoms with Gasteiger partial charge in [0.05, 0.1) is 19.0 Å². The molecule has 3 atom stereocenters. The number of ether oxygens (including phenoxy) is 1. The number of nitrogens with one attached hydrogen (secondary N) is 2. The second-order valence-corrected chi connectivity index (χ2v) is 13.0. The number of aryl methyl sites for hydroxylation is 1. The summed E-state index contributed by atoms with van der Waals surface area (Å²) in [4.78, 5) is 42.1. The molecule has 11 heteroatoms. The highest BCUT2D eigenvalue weighted by Crippen LogP contribution is 2.40. The number of thioether (sulfide) groups is 1. The number of aliphatic hydroxyl groups excluding tert-OH is 1. The highest BCUT2D eigenvalue weighted by atomic mass is 32.2. The molecule has 0 bridgehead atoms. The SMILES string of the molecule is COc1ccc(C[C@H](NC(=O)c2ccc(F)c(O)c2C)[C@H](O)C(=O)N2CSC(C)(C)[C@H]2C(=O)NCc2ccccc2C)cc1. The molecule has 1 saturated heterocycles. The second-order valence-electron chi connectivity index (χ2n) is 11.4. The van der Waals surface area contributed by atoms with E-state index < -0.39 is 46.3 Å². The van der Waals surface area contributed by atoms with Crippen LogP contribution in [0.4, 0.5) is 4.39 Å². The molecule has 9 nitrogen and oxygen atoms in total. The fourth-order valence-electron chi connectivity index (χ4n) is 5.26. The third-order valence-corrected chi connectivity index (χ3v) is 9.36. The monoisotopic (exact) mass is 623 g/mol. The molecule has 3 amide bonds. The number of carbonyl (C=O) groups excluding carboxylic acids is 3.